The molecule has 1 unspecified atom stereocenters. The van der Waals surface area contributed by atoms with Gasteiger partial charge in [-0.25, -0.2) is 0 Å². The summed E-state index contributed by atoms with van der Waals surface area (Å²) in [5.74, 6) is 0.431. The normalized spacial score (nSPS) is 19.7. The summed E-state index contributed by atoms with van der Waals surface area (Å²) in [5.41, 5.74) is 8.02. The van der Waals surface area contributed by atoms with E-state index in [0.717, 1.165) is 28.4 Å². The molecule has 1 aliphatic rings. The molecule has 3 heteroatoms. The lowest BCUT2D eigenvalue weighted by Gasteiger charge is -2.27. The van der Waals surface area contributed by atoms with Crippen LogP contribution >= 0.6 is 15.9 Å². The number of nitrogens with two attached hydrogens (primary N) is 1. The van der Waals surface area contributed by atoms with E-state index in [1.54, 1.807) is 0 Å². The van der Waals surface area contributed by atoms with Gasteiger partial charge in [0, 0.05) is 27.1 Å². The Morgan fingerprint density at radius 1 is 1.33 bits per heavy atom. The third kappa shape index (κ3) is 2.19. The second-order valence-corrected chi connectivity index (χ2v) is 7.46. The minimum absolute atomic E-state index is 0.0200. The summed E-state index contributed by atoms with van der Waals surface area (Å²) in [5, 5.41) is 10.6. The molecule has 100 valence electrons. The highest BCUT2D eigenvalue weighted by Crippen LogP contribution is 2.55. The number of rotatable bonds is 2. The average Bonchev–Trinajstić information content (AvgIpc) is 3.00. The maximum Gasteiger partial charge on any atom is 0.123 e. The Bertz CT molecular complexity index is 470. The van der Waals surface area contributed by atoms with Gasteiger partial charge in [0.2, 0.25) is 0 Å². The van der Waals surface area contributed by atoms with Crippen LogP contribution in [0.3, 0.4) is 0 Å². The fraction of sp³-hybridized carbons (Fsp3) is 0.600. The smallest absolute Gasteiger partial charge is 0.123 e. The van der Waals surface area contributed by atoms with Crippen LogP contribution in [0.15, 0.2) is 16.6 Å². The molecule has 0 bridgehead atoms. The van der Waals surface area contributed by atoms with Gasteiger partial charge in [0.25, 0.3) is 0 Å². The summed E-state index contributed by atoms with van der Waals surface area (Å²) >= 11 is 3.56. The van der Waals surface area contributed by atoms with Gasteiger partial charge in [-0.2, -0.15) is 0 Å². The molecule has 1 saturated carbocycles. The quantitative estimate of drug-likeness (QED) is 0.872. The Kier molecular flexibility index (Phi) is 3.27. The summed E-state index contributed by atoms with van der Waals surface area (Å²) in [6, 6.07) is 4.11. The Balaban J connectivity index is 2.60. The molecule has 2 rings (SSSR count). The lowest BCUT2D eigenvalue weighted by molar-refractivity contribution is 0.423. The van der Waals surface area contributed by atoms with Gasteiger partial charge in [-0.05, 0) is 37.3 Å². The van der Waals surface area contributed by atoms with E-state index < -0.39 is 0 Å². The molecule has 1 aliphatic carbocycles. The van der Waals surface area contributed by atoms with Crippen molar-refractivity contribution in [3.8, 4) is 5.75 Å². The SMILES string of the molecule is CC(N)C1(c2cc(Br)cc(C(C)(C)C)c2O)CC1. The van der Waals surface area contributed by atoms with E-state index in [0.29, 0.717) is 5.75 Å². The molecule has 0 amide bonds. The molecule has 3 N–H and O–H groups in total. The Hall–Kier alpha value is -0.540. The van der Waals surface area contributed by atoms with Gasteiger partial charge in [-0.15, -0.1) is 0 Å². The van der Waals surface area contributed by atoms with Gasteiger partial charge in [-0.1, -0.05) is 36.7 Å². The van der Waals surface area contributed by atoms with Crippen LogP contribution < -0.4 is 5.73 Å². The third-order valence-electron chi connectivity index (χ3n) is 4.08. The van der Waals surface area contributed by atoms with E-state index in [2.05, 4.69) is 36.7 Å². The highest BCUT2D eigenvalue weighted by atomic mass is 79.9. The van der Waals surface area contributed by atoms with Crippen LogP contribution in [0.4, 0.5) is 0 Å². The Morgan fingerprint density at radius 3 is 2.28 bits per heavy atom. The zero-order valence-electron chi connectivity index (χ0n) is 11.5. The van der Waals surface area contributed by atoms with Crippen LogP contribution in [0.25, 0.3) is 0 Å². The van der Waals surface area contributed by atoms with Crippen LogP contribution in [0, 0.1) is 0 Å². The number of benzene rings is 1. The molecule has 1 aromatic rings. The molecule has 0 heterocycles. The van der Waals surface area contributed by atoms with Crippen molar-refractivity contribution in [1.29, 1.82) is 0 Å². The lowest BCUT2D eigenvalue weighted by Crippen LogP contribution is -2.32. The van der Waals surface area contributed by atoms with Gasteiger partial charge < -0.3 is 10.8 Å². The van der Waals surface area contributed by atoms with Crippen molar-refractivity contribution in [3.05, 3.63) is 27.7 Å². The zero-order valence-corrected chi connectivity index (χ0v) is 13.1. The fourth-order valence-corrected chi connectivity index (χ4v) is 3.11. The maximum atomic E-state index is 10.6. The summed E-state index contributed by atoms with van der Waals surface area (Å²) in [7, 11) is 0. The number of halogens is 1. The first-order chi connectivity index (χ1) is 8.18. The number of aromatic hydroxyl groups is 1. The predicted molar refractivity (Wildman–Crippen MR) is 79.1 cm³/mol. The molecule has 0 aromatic heterocycles. The topological polar surface area (TPSA) is 46.2 Å². The lowest BCUT2D eigenvalue weighted by atomic mass is 9.81. The van der Waals surface area contributed by atoms with Gasteiger partial charge in [0.1, 0.15) is 5.75 Å². The van der Waals surface area contributed by atoms with Gasteiger partial charge in [0.15, 0.2) is 0 Å². The molecule has 1 atom stereocenters. The molecule has 1 aromatic carbocycles. The summed E-state index contributed by atoms with van der Waals surface area (Å²) in [6.07, 6.45) is 2.14. The first-order valence-electron chi connectivity index (χ1n) is 6.47. The van der Waals surface area contributed by atoms with Crippen molar-refractivity contribution in [1.82, 2.24) is 0 Å². The van der Waals surface area contributed by atoms with Crippen molar-refractivity contribution < 1.29 is 5.11 Å². The Morgan fingerprint density at radius 2 is 1.89 bits per heavy atom. The van der Waals surface area contributed by atoms with Gasteiger partial charge in [0.05, 0.1) is 0 Å². The molecular weight excluding hydrogens is 290 g/mol. The van der Waals surface area contributed by atoms with E-state index in [9.17, 15) is 5.11 Å². The fourth-order valence-electron chi connectivity index (χ4n) is 2.66. The van der Waals surface area contributed by atoms with Crippen molar-refractivity contribution in [2.75, 3.05) is 0 Å². The molecule has 0 spiro atoms. The van der Waals surface area contributed by atoms with E-state index in [1.807, 2.05) is 19.1 Å². The van der Waals surface area contributed by atoms with E-state index in [4.69, 9.17) is 5.73 Å². The van der Waals surface area contributed by atoms with Crippen molar-refractivity contribution in [2.45, 2.75) is 57.4 Å². The summed E-state index contributed by atoms with van der Waals surface area (Å²) in [6.45, 7) is 8.38. The van der Waals surface area contributed by atoms with Crippen molar-refractivity contribution >= 4 is 15.9 Å². The molecule has 18 heavy (non-hydrogen) atoms. The summed E-state index contributed by atoms with van der Waals surface area (Å²) < 4.78 is 1.02. The van der Waals surface area contributed by atoms with Crippen LogP contribution in [-0.4, -0.2) is 11.1 Å². The summed E-state index contributed by atoms with van der Waals surface area (Å²) in [4.78, 5) is 0. The molecule has 0 saturated heterocycles. The van der Waals surface area contributed by atoms with E-state index in [1.165, 1.54) is 0 Å². The number of hydrogen-bond acceptors (Lipinski definition) is 2. The van der Waals surface area contributed by atoms with Crippen molar-refractivity contribution in [2.24, 2.45) is 5.73 Å². The van der Waals surface area contributed by atoms with Gasteiger partial charge >= 0.3 is 0 Å². The minimum atomic E-state index is -0.0729. The number of phenolic OH excluding ortho intramolecular Hbond substituents is 1. The molecule has 0 aliphatic heterocycles. The largest absolute Gasteiger partial charge is 0.507 e. The van der Waals surface area contributed by atoms with Crippen LogP contribution in [0.2, 0.25) is 0 Å². The Labute approximate surface area is 118 Å². The van der Waals surface area contributed by atoms with E-state index >= 15 is 0 Å². The number of phenols is 1. The zero-order chi connectivity index (χ0) is 13.7. The maximum absolute atomic E-state index is 10.6. The second kappa shape index (κ2) is 4.24. The average molecular weight is 312 g/mol. The molecule has 1 fully saturated rings. The highest BCUT2D eigenvalue weighted by Gasteiger charge is 2.49. The standard InChI is InChI=1S/C15H22BrNO/c1-9(17)15(5-6-15)12-8-10(16)7-11(13(12)18)14(2,3)4/h7-9,18H,5-6,17H2,1-4H3. The van der Waals surface area contributed by atoms with Crippen LogP contribution in [-0.2, 0) is 10.8 Å². The first kappa shape index (κ1) is 13.9. The van der Waals surface area contributed by atoms with Gasteiger partial charge in [-0.3, -0.25) is 0 Å². The minimum Gasteiger partial charge on any atom is -0.507 e. The molecular formula is C15H22BrNO. The van der Waals surface area contributed by atoms with Crippen LogP contribution in [0.1, 0.15) is 51.7 Å². The highest BCUT2D eigenvalue weighted by molar-refractivity contribution is 9.10. The number of hydrogen-bond donors (Lipinski definition) is 2. The van der Waals surface area contributed by atoms with Crippen molar-refractivity contribution in [3.63, 3.8) is 0 Å². The second-order valence-electron chi connectivity index (χ2n) is 6.54. The van der Waals surface area contributed by atoms with Crippen LogP contribution in [0.5, 0.6) is 5.75 Å². The first-order valence-corrected chi connectivity index (χ1v) is 7.27. The molecule has 2 nitrogen and oxygen atoms in total. The molecule has 0 radical (unpaired) electrons. The predicted octanol–water partition coefficient (Wildman–Crippen LogP) is 3.83. The van der Waals surface area contributed by atoms with E-state index in [-0.39, 0.29) is 16.9 Å². The monoisotopic (exact) mass is 311 g/mol. The third-order valence-corrected chi connectivity index (χ3v) is 4.54.